The number of hydrogen-bond donors (Lipinski definition) is 1. The van der Waals surface area contributed by atoms with E-state index in [4.69, 9.17) is 15.5 Å². The van der Waals surface area contributed by atoms with Gasteiger partial charge in [0.15, 0.2) is 0 Å². The minimum Gasteiger partial charge on any atom is -0.495 e. The highest BCUT2D eigenvalue weighted by atomic mass is 16.5. The molecule has 3 aromatic heterocycles. The number of nitriles is 1. The Labute approximate surface area is 191 Å². The quantitative estimate of drug-likeness (QED) is 0.498. The smallest absolute Gasteiger partial charge is 0.221 e. The number of nitrogen functional groups attached to an aromatic ring is 1. The Bertz CT molecular complexity index is 1350. The lowest BCUT2D eigenvalue weighted by atomic mass is 9.91. The highest BCUT2D eigenvalue weighted by molar-refractivity contribution is 5.74. The van der Waals surface area contributed by atoms with E-state index in [-0.39, 0.29) is 11.4 Å². The first-order valence-corrected chi connectivity index (χ1v) is 10.4. The van der Waals surface area contributed by atoms with Gasteiger partial charge >= 0.3 is 0 Å². The van der Waals surface area contributed by atoms with Crippen LogP contribution in [0.25, 0.3) is 22.6 Å². The van der Waals surface area contributed by atoms with E-state index in [0.717, 1.165) is 11.4 Å². The first-order chi connectivity index (χ1) is 15.8. The Kier molecular flexibility index (Phi) is 5.75. The van der Waals surface area contributed by atoms with Crippen molar-refractivity contribution in [3.63, 3.8) is 0 Å². The van der Waals surface area contributed by atoms with Crippen molar-refractivity contribution >= 4 is 5.95 Å². The SMILES string of the molecule is COc1c(C#N)cccc1-c1cc(-c2cn(Cc3cccc(C(C)(C)C)n3)nn2)nc(N)n1. The summed E-state index contributed by atoms with van der Waals surface area (Å²) in [4.78, 5) is 13.4. The fraction of sp³-hybridized carbons (Fsp3) is 0.250. The molecule has 166 valence electrons. The van der Waals surface area contributed by atoms with Gasteiger partial charge in [-0.1, -0.05) is 38.1 Å². The van der Waals surface area contributed by atoms with Crippen molar-refractivity contribution in [2.45, 2.75) is 32.7 Å². The molecular formula is C24H24N8O. The molecule has 1 aromatic carbocycles. The molecule has 33 heavy (non-hydrogen) atoms. The average molecular weight is 441 g/mol. The van der Waals surface area contributed by atoms with Crippen LogP contribution in [0.1, 0.15) is 37.7 Å². The molecule has 9 nitrogen and oxygen atoms in total. The number of hydrogen-bond acceptors (Lipinski definition) is 8. The number of aromatic nitrogens is 6. The Balaban J connectivity index is 1.66. The van der Waals surface area contributed by atoms with E-state index in [1.165, 1.54) is 7.11 Å². The summed E-state index contributed by atoms with van der Waals surface area (Å²) in [6.07, 6.45) is 1.79. The van der Waals surface area contributed by atoms with Crippen LogP contribution in [0.15, 0.2) is 48.7 Å². The number of rotatable bonds is 5. The summed E-state index contributed by atoms with van der Waals surface area (Å²) >= 11 is 0. The molecule has 4 rings (SSSR count). The van der Waals surface area contributed by atoms with Gasteiger partial charge in [-0.2, -0.15) is 5.26 Å². The summed E-state index contributed by atoms with van der Waals surface area (Å²) in [6.45, 7) is 6.86. The molecule has 0 aliphatic rings. The number of para-hydroxylation sites is 1. The average Bonchev–Trinajstić information content (AvgIpc) is 3.26. The van der Waals surface area contributed by atoms with Gasteiger partial charge in [0.2, 0.25) is 5.95 Å². The molecule has 0 saturated carbocycles. The second kappa shape index (κ2) is 8.67. The first-order valence-electron chi connectivity index (χ1n) is 10.4. The zero-order valence-electron chi connectivity index (χ0n) is 18.9. The summed E-state index contributed by atoms with van der Waals surface area (Å²) in [5.74, 6) is 0.513. The molecule has 0 aliphatic heterocycles. The van der Waals surface area contributed by atoms with Crippen LogP contribution in [0.5, 0.6) is 5.75 Å². The molecule has 0 unspecified atom stereocenters. The van der Waals surface area contributed by atoms with Crippen molar-refractivity contribution < 1.29 is 4.74 Å². The van der Waals surface area contributed by atoms with Crippen molar-refractivity contribution in [3.05, 3.63) is 65.6 Å². The zero-order valence-corrected chi connectivity index (χ0v) is 18.9. The first kappa shape index (κ1) is 21.9. The molecule has 0 fully saturated rings. The van der Waals surface area contributed by atoms with Gasteiger partial charge in [0.1, 0.15) is 17.5 Å². The maximum absolute atomic E-state index is 9.38. The summed E-state index contributed by atoms with van der Waals surface area (Å²) in [6, 6.07) is 15.1. The Hall–Kier alpha value is -4.32. The van der Waals surface area contributed by atoms with Crippen LogP contribution in [0.3, 0.4) is 0 Å². The lowest BCUT2D eigenvalue weighted by molar-refractivity contribution is 0.415. The molecule has 9 heteroatoms. The summed E-state index contributed by atoms with van der Waals surface area (Å²) in [5, 5.41) is 17.9. The fourth-order valence-electron chi connectivity index (χ4n) is 3.43. The molecule has 0 radical (unpaired) electrons. The summed E-state index contributed by atoms with van der Waals surface area (Å²) < 4.78 is 7.16. The van der Waals surface area contributed by atoms with Crippen LogP contribution in [0.2, 0.25) is 0 Å². The maximum atomic E-state index is 9.38. The Morgan fingerprint density at radius 2 is 1.79 bits per heavy atom. The van der Waals surface area contributed by atoms with Gasteiger partial charge in [0, 0.05) is 16.7 Å². The van der Waals surface area contributed by atoms with Crippen molar-refractivity contribution in [1.29, 1.82) is 5.26 Å². The van der Waals surface area contributed by atoms with Crippen LogP contribution < -0.4 is 10.5 Å². The molecule has 0 amide bonds. The van der Waals surface area contributed by atoms with E-state index in [0.29, 0.717) is 40.5 Å². The highest BCUT2D eigenvalue weighted by Crippen LogP contribution is 2.33. The van der Waals surface area contributed by atoms with Crippen molar-refractivity contribution in [2.24, 2.45) is 0 Å². The summed E-state index contributed by atoms with van der Waals surface area (Å²) in [5.41, 5.74) is 10.5. The third-order valence-electron chi connectivity index (χ3n) is 5.06. The molecular weight excluding hydrogens is 416 g/mol. The number of nitrogens with zero attached hydrogens (tertiary/aromatic N) is 7. The molecule has 0 atom stereocenters. The predicted molar refractivity (Wildman–Crippen MR) is 124 cm³/mol. The number of methoxy groups -OCH3 is 1. The van der Waals surface area contributed by atoms with Gasteiger partial charge in [-0.05, 0) is 30.3 Å². The fourth-order valence-corrected chi connectivity index (χ4v) is 3.43. The lowest BCUT2D eigenvalue weighted by Gasteiger charge is -2.18. The van der Waals surface area contributed by atoms with Crippen LogP contribution in [-0.4, -0.2) is 37.1 Å². The van der Waals surface area contributed by atoms with Gasteiger partial charge in [-0.25, -0.2) is 14.6 Å². The third-order valence-corrected chi connectivity index (χ3v) is 5.06. The number of ether oxygens (including phenoxy) is 1. The van der Waals surface area contributed by atoms with Gasteiger partial charge in [-0.3, -0.25) is 4.98 Å². The van der Waals surface area contributed by atoms with E-state index in [9.17, 15) is 5.26 Å². The number of pyridine rings is 1. The van der Waals surface area contributed by atoms with Crippen LogP contribution in [-0.2, 0) is 12.0 Å². The molecule has 4 aromatic rings. The zero-order chi connectivity index (χ0) is 23.6. The standard InChI is InChI=1S/C24H24N8O/c1-24(2,3)21-10-6-8-16(27-21)13-32-14-20(30-31-32)19-11-18(28-23(26)29-19)17-9-5-7-15(12-25)22(17)33-4/h5-11,14H,13H2,1-4H3,(H2,26,28,29). The highest BCUT2D eigenvalue weighted by Gasteiger charge is 2.17. The molecule has 0 saturated heterocycles. The second-order valence-corrected chi connectivity index (χ2v) is 8.56. The number of anilines is 1. The minimum absolute atomic E-state index is 0.0394. The van der Waals surface area contributed by atoms with E-state index in [1.807, 2.05) is 24.3 Å². The predicted octanol–water partition coefficient (Wildman–Crippen LogP) is 3.61. The summed E-state index contributed by atoms with van der Waals surface area (Å²) in [7, 11) is 1.51. The topological polar surface area (TPSA) is 128 Å². The van der Waals surface area contributed by atoms with Gasteiger partial charge < -0.3 is 10.5 Å². The molecule has 0 aliphatic carbocycles. The third kappa shape index (κ3) is 4.65. The lowest BCUT2D eigenvalue weighted by Crippen LogP contribution is -2.15. The van der Waals surface area contributed by atoms with Gasteiger partial charge in [0.25, 0.3) is 0 Å². The van der Waals surface area contributed by atoms with Gasteiger partial charge in [0.05, 0.1) is 42.5 Å². The second-order valence-electron chi connectivity index (χ2n) is 8.56. The van der Waals surface area contributed by atoms with E-state index in [1.54, 1.807) is 29.1 Å². The molecule has 3 heterocycles. The van der Waals surface area contributed by atoms with Crippen molar-refractivity contribution in [2.75, 3.05) is 12.8 Å². The number of nitrogens with two attached hydrogens (primary N) is 1. The van der Waals surface area contributed by atoms with E-state index in [2.05, 4.69) is 47.1 Å². The molecule has 0 bridgehead atoms. The van der Waals surface area contributed by atoms with Crippen molar-refractivity contribution in [3.8, 4) is 34.5 Å². The van der Waals surface area contributed by atoms with Crippen molar-refractivity contribution in [1.82, 2.24) is 29.9 Å². The van der Waals surface area contributed by atoms with E-state index >= 15 is 0 Å². The monoisotopic (exact) mass is 440 g/mol. The van der Waals surface area contributed by atoms with Crippen LogP contribution >= 0.6 is 0 Å². The maximum Gasteiger partial charge on any atom is 0.221 e. The molecule has 0 spiro atoms. The van der Waals surface area contributed by atoms with Gasteiger partial charge in [-0.15, -0.1) is 5.10 Å². The largest absolute Gasteiger partial charge is 0.495 e. The Morgan fingerprint density at radius 3 is 2.52 bits per heavy atom. The molecule has 2 N–H and O–H groups in total. The minimum atomic E-state index is -0.0394. The number of benzene rings is 1. The van der Waals surface area contributed by atoms with E-state index < -0.39 is 0 Å². The van der Waals surface area contributed by atoms with Crippen LogP contribution in [0.4, 0.5) is 5.95 Å². The Morgan fingerprint density at radius 1 is 1.03 bits per heavy atom. The van der Waals surface area contributed by atoms with Crippen LogP contribution in [0, 0.1) is 11.3 Å². The normalized spacial score (nSPS) is 11.2.